The Morgan fingerprint density at radius 2 is 2.21 bits per heavy atom. The van der Waals surface area contributed by atoms with Gasteiger partial charge in [-0.1, -0.05) is 0 Å². The molecule has 0 bridgehead atoms. The highest BCUT2D eigenvalue weighted by Gasteiger charge is 2.32. The number of thiophene rings is 1. The minimum atomic E-state index is -3.65. The second kappa shape index (κ2) is 5.49. The van der Waals surface area contributed by atoms with Crippen molar-refractivity contribution in [2.45, 2.75) is 23.9 Å². The summed E-state index contributed by atoms with van der Waals surface area (Å²) in [5, 5.41) is 4.63. The van der Waals surface area contributed by atoms with Crippen LogP contribution >= 0.6 is 11.3 Å². The van der Waals surface area contributed by atoms with Crippen molar-refractivity contribution < 1.29 is 16.8 Å². The van der Waals surface area contributed by atoms with E-state index in [4.69, 9.17) is 0 Å². The van der Waals surface area contributed by atoms with E-state index in [1.165, 1.54) is 11.3 Å². The molecule has 0 amide bonds. The molecule has 1 unspecified atom stereocenters. The van der Waals surface area contributed by atoms with Crippen LogP contribution in [-0.4, -0.2) is 41.4 Å². The van der Waals surface area contributed by atoms with Gasteiger partial charge in [0.1, 0.15) is 0 Å². The van der Waals surface area contributed by atoms with Crippen molar-refractivity contribution in [2.75, 3.05) is 18.6 Å². The molecular formula is C10H16N2O4S3. The highest BCUT2D eigenvalue weighted by molar-refractivity contribution is 7.92. The van der Waals surface area contributed by atoms with Gasteiger partial charge in [-0.15, -0.1) is 11.3 Å². The molecule has 2 rings (SSSR count). The van der Waals surface area contributed by atoms with Crippen LogP contribution in [0.3, 0.4) is 0 Å². The lowest BCUT2D eigenvalue weighted by Gasteiger charge is -2.12. The molecule has 0 aliphatic carbocycles. The Morgan fingerprint density at radius 1 is 1.47 bits per heavy atom. The SMILES string of the molecule is CNCc1sccc1S(=O)(=O)NC1CCS(=O)(=O)C1. The summed E-state index contributed by atoms with van der Waals surface area (Å²) in [4.78, 5) is 0.951. The summed E-state index contributed by atoms with van der Waals surface area (Å²) < 4.78 is 49.6. The summed E-state index contributed by atoms with van der Waals surface area (Å²) in [6, 6.07) is 1.03. The Morgan fingerprint density at radius 3 is 2.79 bits per heavy atom. The van der Waals surface area contributed by atoms with Crippen LogP contribution < -0.4 is 10.0 Å². The first-order chi connectivity index (χ1) is 8.84. The summed E-state index contributed by atoms with van der Waals surface area (Å²) in [7, 11) is -5.00. The number of hydrogen-bond acceptors (Lipinski definition) is 6. The minimum absolute atomic E-state index is 0.0488. The number of rotatable bonds is 5. The lowest BCUT2D eigenvalue weighted by Crippen LogP contribution is -2.35. The van der Waals surface area contributed by atoms with Crippen LogP contribution in [-0.2, 0) is 26.4 Å². The standard InChI is InChI=1S/C10H16N2O4S3/c1-11-6-9-10(2-4-17-9)19(15,16)12-8-3-5-18(13,14)7-8/h2,4,8,11-12H,3,5-7H2,1H3. The van der Waals surface area contributed by atoms with E-state index in [9.17, 15) is 16.8 Å². The lowest BCUT2D eigenvalue weighted by molar-refractivity contribution is 0.561. The zero-order valence-corrected chi connectivity index (χ0v) is 12.9. The van der Waals surface area contributed by atoms with Crippen molar-refractivity contribution in [3.05, 3.63) is 16.3 Å². The molecule has 6 nitrogen and oxygen atoms in total. The minimum Gasteiger partial charge on any atom is -0.315 e. The first-order valence-corrected chi connectivity index (χ1v) is 9.96. The predicted molar refractivity (Wildman–Crippen MR) is 74.5 cm³/mol. The topological polar surface area (TPSA) is 92.3 Å². The van der Waals surface area contributed by atoms with E-state index in [0.29, 0.717) is 13.0 Å². The van der Waals surface area contributed by atoms with Gasteiger partial charge in [0.2, 0.25) is 10.0 Å². The maximum Gasteiger partial charge on any atom is 0.242 e. The lowest BCUT2D eigenvalue weighted by atomic mass is 10.3. The van der Waals surface area contributed by atoms with Gasteiger partial charge in [-0.05, 0) is 24.9 Å². The van der Waals surface area contributed by atoms with E-state index in [2.05, 4.69) is 10.0 Å². The van der Waals surface area contributed by atoms with E-state index in [-0.39, 0.29) is 16.4 Å². The smallest absolute Gasteiger partial charge is 0.242 e. The van der Waals surface area contributed by atoms with Crippen molar-refractivity contribution in [1.82, 2.24) is 10.0 Å². The maximum atomic E-state index is 12.2. The molecule has 1 aliphatic heterocycles. The molecular weight excluding hydrogens is 308 g/mol. The largest absolute Gasteiger partial charge is 0.315 e. The van der Waals surface area contributed by atoms with Crippen LogP contribution in [0.15, 0.2) is 16.3 Å². The van der Waals surface area contributed by atoms with E-state index >= 15 is 0 Å². The number of nitrogens with one attached hydrogen (secondary N) is 2. The Labute approximate surface area is 117 Å². The molecule has 0 radical (unpaired) electrons. The number of hydrogen-bond donors (Lipinski definition) is 2. The van der Waals surface area contributed by atoms with Crippen LogP contribution in [0, 0.1) is 0 Å². The summed E-state index contributed by atoms with van der Waals surface area (Å²) >= 11 is 1.36. The van der Waals surface area contributed by atoms with Gasteiger partial charge in [-0.3, -0.25) is 0 Å². The van der Waals surface area contributed by atoms with Crippen molar-refractivity contribution in [1.29, 1.82) is 0 Å². The monoisotopic (exact) mass is 324 g/mol. The molecule has 1 atom stereocenters. The maximum absolute atomic E-state index is 12.2. The molecule has 1 aliphatic rings. The number of sulfone groups is 1. The van der Waals surface area contributed by atoms with Gasteiger partial charge in [0, 0.05) is 17.5 Å². The molecule has 0 saturated carbocycles. The summed E-state index contributed by atoms with van der Waals surface area (Å²) in [6.45, 7) is 0.469. The summed E-state index contributed by atoms with van der Waals surface area (Å²) in [6.07, 6.45) is 0.340. The van der Waals surface area contributed by atoms with E-state index in [0.717, 1.165) is 4.88 Å². The fourth-order valence-corrected chi connectivity index (χ4v) is 6.53. The van der Waals surface area contributed by atoms with Gasteiger partial charge in [0.25, 0.3) is 0 Å². The highest BCUT2D eigenvalue weighted by Crippen LogP contribution is 2.23. The van der Waals surface area contributed by atoms with Gasteiger partial charge >= 0.3 is 0 Å². The molecule has 1 aromatic rings. The van der Waals surface area contributed by atoms with Crippen LogP contribution in [0.25, 0.3) is 0 Å². The molecule has 0 aromatic carbocycles. The van der Waals surface area contributed by atoms with Crippen molar-refractivity contribution in [2.24, 2.45) is 0 Å². The Hall–Kier alpha value is -0.480. The molecule has 2 heterocycles. The average molecular weight is 324 g/mol. The Bertz CT molecular complexity index is 648. The third kappa shape index (κ3) is 3.54. The summed E-state index contributed by atoms with van der Waals surface area (Å²) in [5.74, 6) is -0.0646. The first kappa shape index (κ1) is 14.9. The second-order valence-electron chi connectivity index (χ2n) is 4.46. The van der Waals surface area contributed by atoms with Gasteiger partial charge < -0.3 is 5.32 Å². The average Bonchev–Trinajstić information content (AvgIpc) is 2.86. The van der Waals surface area contributed by atoms with Crippen LogP contribution in [0.1, 0.15) is 11.3 Å². The number of sulfonamides is 1. The normalized spacial score (nSPS) is 22.7. The third-order valence-electron chi connectivity index (χ3n) is 2.89. The molecule has 1 aromatic heterocycles. The molecule has 1 fully saturated rings. The zero-order chi connectivity index (χ0) is 14.1. The third-order valence-corrected chi connectivity index (χ3v) is 7.31. The van der Waals surface area contributed by atoms with Gasteiger partial charge in [0.05, 0.1) is 16.4 Å². The van der Waals surface area contributed by atoms with Crippen LogP contribution in [0.4, 0.5) is 0 Å². The van der Waals surface area contributed by atoms with E-state index in [1.807, 2.05) is 0 Å². The Kier molecular flexibility index (Phi) is 4.31. The molecule has 9 heteroatoms. The quantitative estimate of drug-likeness (QED) is 0.791. The summed E-state index contributed by atoms with van der Waals surface area (Å²) in [5.41, 5.74) is 0. The first-order valence-electron chi connectivity index (χ1n) is 5.78. The molecule has 1 saturated heterocycles. The van der Waals surface area contributed by atoms with Gasteiger partial charge in [-0.25, -0.2) is 21.6 Å². The van der Waals surface area contributed by atoms with Gasteiger partial charge in [-0.2, -0.15) is 0 Å². The van der Waals surface area contributed by atoms with E-state index in [1.54, 1.807) is 18.5 Å². The van der Waals surface area contributed by atoms with Crippen molar-refractivity contribution in [3.8, 4) is 0 Å². The van der Waals surface area contributed by atoms with Crippen LogP contribution in [0.2, 0.25) is 0 Å². The highest BCUT2D eigenvalue weighted by atomic mass is 32.2. The Balaban J connectivity index is 2.17. The van der Waals surface area contributed by atoms with Crippen molar-refractivity contribution >= 4 is 31.2 Å². The van der Waals surface area contributed by atoms with Crippen LogP contribution in [0.5, 0.6) is 0 Å². The molecule has 0 spiro atoms. The fraction of sp³-hybridized carbons (Fsp3) is 0.600. The fourth-order valence-electron chi connectivity index (χ4n) is 2.03. The second-order valence-corrected chi connectivity index (χ2v) is 9.37. The molecule has 108 valence electrons. The predicted octanol–water partition coefficient (Wildman–Crippen LogP) is -0.0671. The molecule has 19 heavy (non-hydrogen) atoms. The molecule has 2 N–H and O–H groups in total. The zero-order valence-electron chi connectivity index (χ0n) is 10.4. The van der Waals surface area contributed by atoms with Gasteiger partial charge in [0.15, 0.2) is 9.84 Å². The van der Waals surface area contributed by atoms with E-state index < -0.39 is 25.9 Å². The van der Waals surface area contributed by atoms with Crippen molar-refractivity contribution in [3.63, 3.8) is 0 Å².